The number of anilines is 1. The highest BCUT2D eigenvalue weighted by molar-refractivity contribution is 7.89. The van der Waals surface area contributed by atoms with Crippen molar-refractivity contribution >= 4 is 50.8 Å². The van der Waals surface area contributed by atoms with Crippen molar-refractivity contribution in [3.05, 3.63) is 58.4 Å². The number of carbonyl (C=O) groups is 2. The number of nitrogens with zero attached hydrogens (tertiary/aromatic N) is 3. The molecule has 0 aliphatic carbocycles. The SMILES string of the molecule is CNCCCN1CCC(CS(=O)(=O)N2[C@@H]3CC[C@H]2CC(NC(=O)c2cc4c(cc2Cl)NC(=O)/C4=C\c2ccncc2)C3)CC1. The molecule has 44 heavy (non-hydrogen) atoms. The molecule has 12 heteroatoms. The molecule has 0 spiro atoms. The van der Waals surface area contributed by atoms with Gasteiger partial charge in [-0.2, -0.15) is 4.31 Å². The van der Waals surface area contributed by atoms with E-state index in [-0.39, 0.29) is 46.6 Å². The molecule has 236 valence electrons. The number of piperidine rings is 2. The lowest BCUT2D eigenvalue weighted by molar-refractivity contribution is -0.110. The summed E-state index contributed by atoms with van der Waals surface area (Å²) in [7, 11) is -1.43. The van der Waals surface area contributed by atoms with E-state index in [2.05, 4.69) is 25.8 Å². The molecular formula is C32H41ClN6O4S. The molecule has 2 aromatic rings. The van der Waals surface area contributed by atoms with Crippen molar-refractivity contribution in [2.75, 3.05) is 44.3 Å². The number of sulfonamides is 1. The van der Waals surface area contributed by atoms with E-state index < -0.39 is 10.0 Å². The Labute approximate surface area is 264 Å². The third-order valence-electron chi connectivity index (χ3n) is 9.53. The molecule has 3 fully saturated rings. The zero-order chi connectivity index (χ0) is 30.8. The highest BCUT2D eigenvalue weighted by atomic mass is 35.5. The van der Waals surface area contributed by atoms with Crippen LogP contribution in [0.4, 0.5) is 5.69 Å². The standard InChI is InChI=1S/C32H41ClN6O4S/c1-34-9-2-12-38-13-7-22(8-14-38)20-44(42,43)39-24-3-4-25(39)17-23(16-24)36-32(41)28-18-26-27(15-21-5-10-35-11-6-21)31(40)37-30(26)19-29(28)33/h5-6,10-11,15,18-19,22-25,34H,2-4,7-9,12-14,16-17,20H2,1H3,(H,36,41)(H,37,40)/b27-15-/t23?,24-,25+. The van der Waals surface area contributed by atoms with E-state index in [1.165, 1.54) is 0 Å². The van der Waals surface area contributed by atoms with Crippen molar-refractivity contribution in [1.82, 2.24) is 24.8 Å². The summed E-state index contributed by atoms with van der Waals surface area (Å²) in [4.78, 5) is 32.7. The topological polar surface area (TPSA) is 124 Å². The number of fused-ring (bicyclic) bond motifs is 3. The monoisotopic (exact) mass is 640 g/mol. The van der Waals surface area contributed by atoms with E-state index in [4.69, 9.17) is 11.6 Å². The van der Waals surface area contributed by atoms with Gasteiger partial charge in [0, 0.05) is 41.7 Å². The number of nitrogens with one attached hydrogen (secondary N) is 3. The Morgan fingerprint density at radius 3 is 2.50 bits per heavy atom. The summed E-state index contributed by atoms with van der Waals surface area (Å²) in [6.45, 7) is 3.97. The molecule has 1 aromatic carbocycles. The first-order valence-electron chi connectivity index (χ1n) is 15.7. The van der Waals surface area contributed by atoms with Gasteiger partial charge < -0.3 is 20.9 Å². The molecule has 6 rings (SSSR count). The van der Waals surface area contributed by atoms with Crippen LogP contribution in [0.5, 0.6) is 0 Å². The minimum absolute atomic E-state index is 0.0992. The Morgan fingerprint density at radius 2 is 1.82 bits per heavy atom. The van der Waals surface area contributed by atoms with E-state index in [9.17, 15) is 18.0 Å². The van der Waals surface area contributed by atoms with E-state index >= 15 is 0 Å². The van der Waals surface area contributed by atoms with Crippen molar-refractivity contribution in [2.24, 2.45) is 5.92 Å². The largest absolute Gasteiger partial charge is 0.349 e. The van der Waals surface area contributed by atoms with Gasteiger partial charge in [0.2, 0.25) is 10.0 Å². The van der Waals surface area contributed by atoms with Crippen molar-refractivity contribution in [3.8, 4) is 0 Å². The van der Waals surface area contributed by atoms with Crippen molar-refractivity contribution in [1.29, 1.82) is 0 Å². The summed E-state index contributed by atoms with van der Waals surface area (Å²) in [5.41, 5.74) is 2.75. The molecule has 2 bridgehead atoms. The first-order valence-corrected chi connectivity index (χ1v) is 17.7. The first kappa shape index (κ1) is 31.2. The number of likely N-dealkylation sites (tertiary alicyclic amines) is 1. The van der Waals surface area contributed by atoms with Crippen LogP contribution in [-0.2, 0) is 14.8 Å². The van der Waals surface area contributed by atoms with Gasteiger partial charge in [-0.25, -0.2) is 8.42 Å². The summed E-state index contributed by atoms with van der Waals surface area (Å²) in [6.07, 6.45) is 10.8. The molecule has 5 heterocycles. The quantitative estimate of drug-likeness (QED) is 0.268. The highest BCUT2D eigenvalue weighted by Gasteiger charge is 2.47. The van der Waals surface area contributed by atoms with Gasteiger partial charge in [-0.3, -0.25) is 14.6 Å². The minimum Gasteiger partial charge on any atom is -0.349 e. The normalized spacial score (nSPS) is 25.3. The van der Waals surface area contributed by atoms with Crippen LogP contribution < -0.4 is 16.0 Å². The smallest absolute Gasteiger partial charge is 0.256 e. The maximum Gasteiger partial charge on any atom is 0.256 e. The predicted molar refractivity (Wildman–Crippen MR) is 173 cm³/mol. The number of hydrogen-bond donors (Lipinski definition) is 3. The second-order valence-corrected chi connectivity index (χ2v) is 14.9. The molecule has 3 saturated heterocycles. The van der Waals surface area contributed by atoms with Gasteiger partial charge in [0.25, 0.3) is 11.8 Å². The van der Waals surface area contributed by atoms with Crippen molar-refractivity contribution < 1.29 is 18.0 Å². The molecular weight excluding hydrogens is 600 g/mol. The highest BCUT2D eigenvalue weighted by Crippen LogP contribution is 2.40. The molecule has 0 radical (unpaired) electrons. The molecule has 3 atom stereocenters. The van der Waals surface area contributed by atoms with E-state index in [0.717, 1.165) is 63.8 Å². The third kappa shape index (κ3) is 6.72. The minimum atomic E-state index is -3.39. The van der Waals surface area contributed by atoms with Gasteiger partial charge in [0.15, 0.2) is 0 Å². The molecule has 1 unspecified atom stereocenters. The van der Waals surface area contributed by atoms with Crippen LogP contribution >= 0.6 is 11.6 Å². The van der Waals surface area contributed by atoms with E-state index in [1.54, 1.807) is 47.0 Å². The lowest BCUT2D eigenvalue weighted by atomic mass is 9.98. The number of aromatic nitrogens is 1. The second kappa shape index (κ2) is 13.3. The van der Waals surface area contributed by atoms with Gasteiger partial charge in [-0.15, -0.1) is 0 Å². The maximum atomic E-state index is 13.7. The van der Waals surface area contributed by atoms with Gasteiger partial charge in [0.05, 0.1) is 22.0 Å². The van der Waals surface area contributed by atoms with Crippen LogP contribution in [0.1, 0.15) is 66.4 Å². The van der Waals surface area contributed by atoms with Gasteiger partial charge in [0.1, 0.15) is 0 Å². The molecule has 10 nitrogen and oxygen atoms in total. The van der Waals surface area contributed by atoms with Gasteiger partial charge in [-0.1, -0.05) is 11.6 Å². The molecule has 1 aromatic heterocycles. The number of halogens is 1. The van der Waals surface area contributed by atoms with Crippen LogP contribution in [0.3, 0.4) is 0 Å². The van der Waals surface area contributed by atoms with Gasteiger partial charge in [-0.05, 0) is 120 Å². The molecule has 0 saturated carbocycles. The number of benzene rings is 1. The third-order valence-corrected chi connectivity index (χ3v) is 12.0. The Bertz CT molecular complexity index is 1510. The summed E-state index contributed by atoms with van der Waals surface area (Å²) in [6, 6.07) is 6.54. The van der Waals surface area contributed by atoms with Crippen LogP contribution in [0, 0.1) is 5.92 Å². The molecule has 4 aliphatic heterocycles. The number of hydrogen-bond acceptors (Lipinski definition) is 7. The van der Waals surface area contributed by atoms with Crippen molar-refractivity contribution in [3.63, 3.8) is 0 Å². The zero-order valence-corrected chi connectivity index (χ0v) is 26.7. The summed E-state index contributed by atoms with van der Waals surface area (Å²) < 4.78 is 29.1. The Morgan fingerprint density at radius 1 is 1.11 bits per heavy atom. The molecule has 2 amide bonds. The average molecular weight is 641 g/mol. The summed E-state index contributed by atoms with van der Waals surface area (Å²) in [5.74, 6) is -0.166. The lowest BCUT2D eigenvalue weighted by Crippen LogP contribution is -2.53. The fourth-order valence-electron chi connectivity index (χ4n) is 7.36. The second-order valence-electron chi connectivity index (χ2n) is 12.5. The maximum absolute atomic E-state index is 13.7. The van der Waals surface area contributed by atoms with Crippen LogP contribution in [0.15, 0.2) is 36.7 Å². The lowest BCUT2D eigenvalue weighted by Gasteiger charge is -2.39. The van der Waals surface area contributed by atoms with Crippen LogP contribution in [0.25, 0.3) is 11.6 Å². The van der Waals surface area contributed by atoms with Crippen LogP contribution in [0.2, 0.25) is 5.02 Å². The molecule has 3 N–H and O–H groups in total. The first-order chi connectivity index (χ1) is 21.2. The van der Waals surface area contributed by atoms with Gasteiger partial charge >= 0.3 is 0 Å². The number of amides is 2. The number of pyridine rings is 1. The molecule has 4 aliphatic rings. The summed E-state index contributed by atoms with van der Waals surface area (Å²) >= 11 is 6.53. The Kier molecular flexibility index (Phi) is 9.39. The Hall–Kier alpha value is -2.83. The fraction of sp³-hybridized carbons (Fsp3) is 0.531. The average Bonchev–Trinajstić information content (AvgIpc) is 3.46. The number of rotatable bonds is 10. The number of carbonyl (C=O) groups excluding carboxylic acids is 2. The van der Waals surface area contributed by atoms with Crippen molar-refractivity contribution in [2.45, 2.75) is 63.1 Å². The fourth-order valence-corrected chi connectivity index (χ4v) is 10.0. The van der Waals surface area contributed by atoms with E-state index in [1.807, 2.05) is 7.05 Å². The zero-order valence-electron chi connectivity index (χ0n) is 25.1. The Balaban J connectivity index is 1.08. The summed E-state index contributed by atoms with van der Waals surface area (Å²) in [5, 5.41) is 9.40. The van der Waals surface area contributed by atoms with E-state index in [0.29, 0.717) is 35.2 Å². The predicted octanol–water partition coefficient (Wildman–Crippen LogP) is 3.60. The van der Waals surface area contributed by atoms with Crippen LogP contribution in [-0.4, -0.2) is 91.5 Å².